The van der Waals surface area contributed by atoms with E-state index in [-0.39, 0.29) is 5.91 Å². The Morgan fingerprint density at radius 2 is 1.75 bits per heavy atom. The molecular weight excluding hydrogens is 368 g/mol. The number of amides is 1. The zero-order valence-corrected chi connectivity index (χ0v) is 16.0. The van der Waals surface area contributed by atoms with Crippen LogP contribution in [0.15, 0.2) is 78.4 Å². The van der Waals surface area contributed by atoms with Gasteiger partial charge >= 0.3 is 0 Å². The number of carbonyl (C=O) groups is 1. The van der Waals surface area contributed by atoms with Gasteiger partial charge in [0.1, 0.15) is 0 Å². The zero-order chi connectivity index (χ0) is 19.3. The van der Waals surface area contributed by atoms with Gasteiger partial charge in [0.05, 0.1) is 5.69 Å². The molecule has 2 aromatic carbocycles. The third-order valence-electron chi connectivity index (χ3n) is 4.13. The van der Waals surface area contributed by atoms with Crippen LogP contribution in [-0.2, 0) is 0 Å². The Labute approximate surface area is 167 Å². The zero-order valence-electron chi connectivity index (χ0n) is 15.2. The van der Waals surface area contributed by atoms with Gasteiger partial charge < -0.3 is 10.6 Å². The molecule has 138 valence electrons. The van der Waals surface area contributed by atoms with E-state index >= 15 is 0 Å². The third kappa shape index (κ3) is 4.24. The number of thiazole rings is 1. The van der Waals surface area contributed by atoms with Gasteiger partial charge in [-0.3, -0.25) is 9.78 Å². The molecule has 0 aliphatic carbocycles. The summed E-state index contributed by atoms with van der Waals surface area (Å²) in [6, 6.07) is 19.0. The Morgan fingerprint density at radius 3 is 2.57 bits per heavy atom. The van der Waals surface area contributed by atoms with Crippen LogP contribution >= 0.6 is 11.3 Å². The topological polar surface area (TPSA) is 66.9 Å². The summed E-state index contributed by atoms with van der Waals surface area (Å²) in [5.41, 5.74) is 5.20. The predicted octanol–water partition coefficient (Wildman–Crippen LogP) is 5.51. The van der Waals surface area contributed by atoms with Crippen molar-refractivity contribution < 1.29 is 4.79 Å². The summed E-state index contributed by atoms with van der Waals surface area (Å²) >= 11 is 1.53. The van der Waals surface area contributed by atoms with E-state index in [1.165, 1.54) is 11.3 Å². The number of hydrogen-bond donors (Lipinski definition) is 2. The van der Waals surface area contributed by atoms with Crippen LogP contribution in [0.1, 0.15) is 15.9 Å². The highest BCUT2D eigenvalue weighted by molar-refractivity contribution is 7.14. The standard InChI is InChI=1S/C22H18N4OS/c1-15-4-2-5-17(12-15)21(27)24-18-6-3-7-19(13-18)25-22-26-20(14-28-22)16-8-10-23-11-9-16/h2-14H,1H3,(H,24,27)(H,25,26). The lowest BCUT2D eigenvalue weighted by molar-refractivity contribution is 0.102. The fourth-order valence-corrected chi connectivity index (χ4v) is 3.51. The number of aromatic nitrogens is 2. The van der Waals surface area contributed by atoms with Crippen molar-refractivity contribution in [1.29, 1.82) is 0 Å². The molecule has 0 spiro atoms. The van der Waals surface area contributed by atoms with Gasteiger partial charge in [-0.2, -0.15) is 0 Å². The summed E-state index contributed by atoms with van der Waals surface area (Å²) in [4.78, 5) is 21.1. The highest BCUT2D eigenvalue weighted by Crippen LogP contribution is 2.27. The highest BCUT2D eigenvalue weighted by atomic mass is 32.1. The lowest BCUT2D eigenvalue weighted by Crippen LogP contribution is -2.12. The van der Waals surface area contributed by atoms with Crippen LogP contribution in [0.2, 0.25) is 0 Å². The Hall–Kier alpha value is -3.51. The maximum Gasteiger partial charge on any atom is 0.255 e. The van der Waals surface area contributed by atoms with Crippen molar-refractivity contribution in [3.63, 3.8) is 0 Å². The Morgan fingerprint density at radius 1 is 0.964 bits per heavy atom. The second kappa shape index (κ2) is 8.02. The number of rotatable bonds is 5. The van der Waals surface area contributed by atoms with Gasteiger partial charge in [-0.15, -0.1) is 11.3 Å². The minimum atomic E-state index is -0.130. The average Bonchev–Trinajstić information content (AvgIpc) is 3.17. The smallest absolute Gasteiger partial charge is 0.255 e. The van der Waals surface area contributed by atoms with Crippen LogP contribution in [-0.4, -0.2) is 15.9 Å². The van der Waals surface area contributed by atoms with E-state index in [2.05, 4.69) is 20.6 Å². The first kappa shape index (κ1) is 17.9. The van der Waals surface area contributed by atoms with E-state index in [4.69, 9.17) is 0 Å². The number of nitrogens with one attached hydrogen (secondary N) is 2. The molecule has 0 unspecified atom stereocenters. The van der Waals surface area contributed by atoms with E-state index in [0.717, 1.165) is 33.3 Å². The molecule has 5 nitrogen and oxygen atoms in total. The van der Waals surface area contributed by atoms with Gasteiger partial charge in [0.2, 0.25) is 0 Å². The number of benzene rings is 2. The summed E-state index contributed by atoms with van der Waals surface area (Å²) in [5.74, 6) is -0.130. The molecule has 2 aromatic heterocycles. The van der Waals surface area contributed by atoms with Crippen molar-refractivity contribution >= 4 is 33.8 Å². The number of anilines is 3. The van der Waals surface area contributed by atoms with Gasteiger partial charge in [0.25, 0.3) is 5.91 Å². The molecule has 0 aliphatic rings. The van der Waals surface area contributed by atoms with Crippen LogP contribution in [0.3, 0.4) is 0 Å². The van der Waals surface area contributed by atoms with Crippen LogP contribution in [0, 0.1) is 6.92 Å². The monoisotopic (exact) mass is 386 g/mol. The molecule has 0 fully saturated rings. The predicted molar refractivity (Wildman–Crippen MR) is 114 cm³/mol. The number of hydrogen-bond acceptors (Lipinski definition) is 5. The SMILES string of the molecule is Cc1cccc(C(=O)Nc2cccc(Nc3nc(-c4ccncc4)cs3)c2)c1. The van der Waals surface area contributed by atoms with Crippen molar-refractivity contribution in [2.24, 2.45) is 0 Å². The van der Waals surface area contributed by atoms with Crippen molar-refractivity contribution in [3.05, 3.63) is 89.6 Å². The minimum Gasteiger partial charge on any atom is -0.331 e. The van der Waals surface area contributed by atoms with E-state index in [9.17, 15) is 4.79 Å². The Kier molecular flexibility index (Phi) is 5.12. The number of pyridine rings is 1. The number of carbonyl (C=O) groups excluding carboxylic acids is 1. The first-order valence-corrected chi connectivity index (χ1v) is 9.66. The summed E-state index contributed by atoms with van der Waals surface area (Å²) in [5, 5.41) is 9.02. The summed E-state index contributed by atoms with van der Waals surface area (Å²) in [6.45, 7) is 1.97. The molecule has 4 aromatic rings. The summed E-state index contributed by atoms with van der Waals surface area (Å²) in [7, 11) is 0. The second-order valence-corrected chi connectivity index (χ2v) is 7.16. The fraction of sp³-hybridized carbons (Fsp3) is 0.0455. The highest BCUT2D eigenvalue weighted by Gasteiger charge is 2.08. The molecule has 4 rings (SSSR count). The molecule has 2 N–H and O–H groups in total. The van der Waals surface area contributed by atoms with E-state index in [1.54, 1.807) is 18.5 Å². The summed E-state index contributed by atoms with van der Waals surface area (Å²) < 4.78 is 0. The second-order valence-electron chi connectivity index (χ2n) is 6.30. The molecule has 0 atom stereocenters. The average molecular weight is 386 g/mol. The fourth-order valence-electron chi connectivity index (χ4n) is 2.77. The van der Waals surface area contributed by atoms with Gasteiger partial charge in [-0.25, -0.2) is 4.98 Å². The first-order chi connectivity index (χ1) is 13.7. The van der Waals surface area contributed by atoms with Crippen molar-refractivity contribution in [3.8, 4) is 11.3 Å². The Balaban J connectivity index is 1.47. The maximum atomic E-state index is 12.4. The lowest BCUT2D eigenvalue weighted by atomic mass is 10.1. The number of nitrogens with zero attached hydrogens (tertiary/aromatic N) is 2. The van der Waals surface area contributed by atoms with Crippen molar-refractivity contribution in [2.45, 2.75) is 6.92 Å². The molecule has 0 saturated heterocycles. The van der Waals surface area contributed by atoms with Crippen molar-refractivity contribution in [2.75, 3.05) is 10.6 Å². The molecule has 0 radical (unpaired) electrons. The molecule has 0 bridgehead atoms. The van der Waals surface area contributed by atoms with E-state index in [1.807, 2.05) is 66.9 Å². The van der Waals surface area contributed by atoms with Crippen LogP contribution in [0.5, 0.6) is 0 Å². The Bertz CT molecular complexity index is 1110. The van der Waals surface area contributed by atoms with E-state index < -0.39 is 0 Å². The third-order valence-corrected chi connectivity index (χ3v) is 4.89. The normalized spacial score (nSPS) is 10.5. The number of aryl methyl sites for hydroxylation is 1. The van der Waals surface area contributed by atoms with Gasteiger partial charge in [0, 0.05) is 40.3 Å². The van der Waals surface area contributed by atoms with Crippen LogP contribution in [0.4, 0.5) is 16.5 Å². The van der Waals surface area contributed by atoms with Crippen LogP contribution in [0.25, 0.3) is 11.3 Å². The van der Waals surface area contributed by atoms with Gasteiger partial charge in [-0.1, -0.05) is 23.8 Å². The van der Waals surface area contributed by atoms with Crippen LogP contribution < -0.4 is 10.6 Å². The molecule has 28 heavy (non-hydrogen) atoms. The molecule has 1 amide bonds. The molecule has 2 heterocycles. The summed E-state index contributed by atoms with van der Waals surface area (Å²) in [6.07, 6.45) is 3.50. The lowest BCUT2D eigenvalue weighted by Gasteiger charge is -2.08. The molecule has 0 saturated carbocycles. The largest absolute Gasteiger partial charge is 0.331 e. The van der Waals surface area contributed by atoms with E-state index in [0.29, 0.717) is 5.56 Å². The molecule has 6 heteroatoms. The maximum absolute atomic E-state index is 12.4. The minimum absolute atomic E-state index is 0.130. The van der Waals surface area contributed by atoms with Crippen molar-refractivity contribution in [1.82, 2.24) is 9.97 Å². The van der Waals surface area contributed by atoms with Gasteiger partial charge in [-0.05, 0) is 49.4 Å². The van der Waals surface area contributed by atoms with Gasteiger partial charge in [0.15, 0.2) is 5.13 Å². The molecule has 0 aliphatic heterocycles. The molecular formula is C22H18N4OS. The quantitative estimate of drug-likeness (QED) is 0.475. The first-order valence-electron chi connectivity index (χ1n) is 8.78.